The second-order valence-electron chi connectivity index (χ2n) is 5.62. The largest absolute Gasteiger partial charge is 0.478 e. The summed E-state index contributed by atoms with van der Waals surface area (Å²) in [6, 6.07) is 6.72. The van der Waals surface area contributed by atoms with Crippen molar-refractivity contribution in [3.05, 3.63) is 57.8 Å². The van der Waals surface area contributed by atoms with Gasteiger partial charge in [0.1, 0.15) is 11.5 Å². The van der Waals surface area contributed by atoms with Crippen LogP contribution in [-0.2, 0) is 0 Å². The third-order valence-corrected chi connectivity index (χ3v) is 3.96. The number of carboxylic acids is 1. The Bertz CT molecular complexity index is 984. The van der Waals surface area contributed by atoms with Gasteiger partial charge in [0.05, 0.1) is 22.3 Å². The van der Waals surface area contributed by atoms with Crippen molar-refractivity contribution >= 4 is 17.0 Å². The predicted octanol–water partition coefficient (Wildman–Crippen LogP) is 2.43. The summed E-state index contributed by atoms with van der Waals surface area (Å²) in [7, 11) is 0. The van der Waals surface area contributed by atoms with Gasteiger partial charge < -0.3 is 10.1 Å². The zero-order valence-corrected chi connectivity index (χ0v) is 11.9. The van der Waals surface area contributed by atoms with Crippen LogP contribution in [0.1, 0.15) is 34.8 Å². The molecule has 1 aliphatic carbocycles. The summed E-state index contributed by atoms with van der Waals surface area (Å²) in [4.78, 5) is 26.0. The quantitative estimate of drug-likeness (QED) is 0.777. The minimum Gasteiger partial charge on any atom is -0.478 e. The topological polar surface area (TPSA) is 88.0 Å². The molecule has 0 saturated heterocycles. The maximum absolute atomic E-state index is 13.1. The number of pyridine rings is 1. The number of aromatic amines is 1. The normalized spacial score (nSPS) is 14.3. The highest BCUT2D eigenvalue weighted by Crippen LogP contribution is 2.43. The fourth-order valence-electron chi connectivity index (χ4n) is 2.75. The van der Waals surface area contributed by atoms with Gasteiger partial charge in [-0.15, -0.1) is 0 Å². The monoisotopic (exact) mass is 313 g/mol. The third-order valence-electron chi connectivity index (χ3n) is 3.96. The first-order valence-electron chi connectivity index (χ1n) is 7.20. The van der Waals surface area contributed by atoms with E-state index in [0.29, 0.717) is 22.4 Å². The number of rotatable bonds is 3. The van der Waals surface area contributed by atoms with Gasteiger partial charge in [-0.1, -0.05) is 0 Å². The highest BCUT2D eigenvalue weighted by atomic mass is 19.1. The van der Waals surface area contributed by atoms with Gasteiger partial charge >= 0.3 is 5.97 Å². The first kappa shape index (κ1) is 13.7. The number of nitrogens with one attached hydrogen (secondary N) is 1. The number of carbonyl (C=O) groups is 1. The Morgan fingerprint density at radius 3 is 2.61 bits per heavy atom. The van der Waals surface area contributed by atoms with Crippen LogP contribution in [0.2, 0.25) is 0 Å². The molecule has 23 heavy (non-hydrogen) atoms. The number of hydrogen-bond acceptors (Lipinski definition) is 3. The summed E-state index contributed by atoms with van der Waals surface area (Å²) in [6.07, 6.45) is 1.88. The molecule has 0 amide bonds. The minimum atomic E-state index is -1.17. The summed E-state index contributed by atoms with van der Waals surface area (Å²) >= 11 is 0. The van der Waals surface area contributed by atoms with E-state index >= 15 is 0 Å². The maximum atomic E-state index is 13.1. The van der Waals surface area contributed by atoms with E-state index in [1.165, 1.54) is 28.9 Å². The highest BCUT2D eigenvalue weighted by molar-refractivity contribution is 6.03. The van der Waals surface area contributed by atoms with Crippen LogP contribution in [0, 0.1) is 5.82 Å². The molecule has 0 aliphatic heterocycles. The van der Waals surface area contributed by atoms with Gasteiger partial charge in [0.25, 0.3) is 0 Å². The fraction of sp³-hybridized carbons (Fsp3) is 0.188. The average molecular weight is 313 g/mol. The van der Waals surface area contributed by atoms with Crippen molar-refractivity contribution in [2.24, 2.45) is 0 Å². The van der Waals surface area contributed by atoms with E-state index in [4.69, 9.17) is 0 Å². The van der Waals surface area contributed by atoms with Gasteiger partial charge in [-0.25, -0.2) is 13.9 Å². The molecule has 2 heterocycles. The smallest absolute Gasteiger partial charge is 0.336 e. The van der Waals surface area contributed by atoms with Gasteiger partial charge in [0.2, 0.25) is 5.56 Å². The summed E-state index contributed by atoms with van der Waals surface area (Å²) in [5, 5.41) is 14.4. The molecule has 1 saturated carbocycles. The van der Waals surface area contributed by atoms with Crippen LogP contribution >= 0.6 is 0 Å². The molecule has 6 nitrogen and oxygen atoms in total. The Kier molecular flexibility index (Phi) is 2.84. The molecule has 0 bridgehead atoms. The van der Waals surface area contributed by atoms with Crippen LogP contribution in [0.4, 0.5) is 4.39 Å². The molecule has 116 valence electrons. The molecule has 3 aromatic rings. The lowest BCUT2D eigenvalue weighted by molar-refractivity contribution is 0.0698. The molecule has 2 aromatic heterocycles. The fourth-order valence-corrected chi connectivity index (χ4v) is 2.75. The number of aromatic carboxylic acids is 1. The third kappa shape index (κ3) is 2.21. The second-order valence-corrected chi connectivity index (χ2v) is 5.62. The second kappa shape index (κ2) is 4.77. The van der Waals surface area contributed by atoms with Crippen LogP contribution in [-0.4, -0.2) is 25.8 Å². The first-order valence-corrected chi connectivity index (χ1v) is 7.20. The number of nitrogens with zero attached hydrogens (tertiary/aromatic N) is 2. The van der Waals surface area contributed by atoms with E-state index < -0.39 is 11.5 Å². The molecule has 1 aromatic carbocycles. The lowest BCUT2D eigenvalue weighted by Gasteiger charge is -2.03. The van der Waals surface area contributed by atoms with Crippen LogP contribution < -0.4 is 5.56 Å². The van der Waals surface area contributed by atoms with Crippen molar-refractivity contribution in [2.75, 3.05) is 0 Å². The standard InChI is InChI=1S/C16H12FN3O3/c17-9-3-5-10(6-4-9)20-15-13(14(19-20)8-1-2-8)11(16(22)23)7-12(21)18-15/h3-8H,1-2H2,(H,18,21)(H,22,23). The lowest BCUT2D eigenvalue weighted by Crippen LogP contribution is -2.11. The highest BCUT2D eigenvalue weighted by Gasteiger charge is 2.32. The van der Waals surface area contributed by atoms with Gasteiger partial charge in [0, 0.05) is 12.0 Å². The predicted molar refractivity (Wildman–Crippen MR) is 80.6 cm³/mol. The number of fused-ring (bicyclic) bond motifs is 1. The van der Waals surface area contributed by atoms with E-state index in [9.17, 15) is 19.1 Å². The van der Waals surface area contributed by atoms with Crippen molar-refractivity contribution in [3.63, 3.8) is 0 Å². The number of benzene rings is 1. The minimum absolute atomic E-state index is 0.0565. The number of halogens is 1. The molecule has 1 fully saturated rings. The molecule has 7 heteroatoms. The Morgan fingerprint density at radius 2 is 2.00 bits per heavy atom. The average Bonchev–Trinajstić information content (AvgIpc) is 3.29. The van der Waals surface area contributed by atoms with Crippen LogP contribution in [0.15, 0.2) is 35.1 Å². The van der Waals surface area contributed by atoms with Crippen LogP contribution in [0.5, 0.6) is 0 Å². The van der Waals surface area contributed by atoms with Gasteiger partial charge in [-0.3, -0.25) is 4.79 Å². The molecular weight excluding hydrogens is 301 g/mol. The van der Waals surface area contributed by atoms with Crippen molar-refractivity contribution in [2.45, 2.75) is 18.8 Å². The van der Waals surface area contributed by atoms with Crippen LogP contribution in [0.3, 0.4) is 0 Å². The number of H-pyrrole nitrogens is 1. The first-order chi connectivity index (χ1) is 11.0. The molecule has 0 unspecified atom stereocenters. The van der Waals surface area contributed by atoms with Crippen molar-refractivity contribution in [1.82, 2.24) is 14.8 Å². The molecule has 0 spiro atoms. The van der Waals surface area contributed by atoms with Crippen molar-refractivity contribution < 1.29 is 14.3 Å². The lowest BCUT2D eigenvalue weighted by atomic mass is 10.1. The molecule has 2 N–H and O–H groups in total. The SMILES string of the molecule is O=C(O)c1cc(=O)[nH]c2c1c(C1CC1)nn2-c1ccc(F)cc1. The molecular formula is C16H12FN3O3. The van der Waals surface area contributed by atoms with E-state index in [0.717, 1.165) is 18.9 Å². The van der Waals surface area contributed by atoms with E-state index in [1.807, 2.05) is 0 Å². The number of hydrogen-bond donors (Lipinski definition) is 2. The Balaban J connectivity index is 2.07. The Morgan fingerprint density at radius 1 is 1.30 bits per heavy atom. The number of carboxylic acid groups (broad SMARTS) is 1. The van der Waals surface area contributed by atoms with E-state index in [2.05, 4.69) is 10.1 Å². The Hall–Kier alpha value is -2.96. The maximum Gasteiger partial charge on any atom is 0.336 e. The molecule has 1 aliphatic rings. The van der Waals surface area contributed by atoms with Crippen molar-refractivity contribution in [1.29, 1.82) is 0 Å². The summed E-state index contributed by atoms with van der Waals surface area (Å²) in [5.41, 5.74) is 0.974. The summed E-state index contributed by atoms with van der Waals surface area (Å²) in [5.74, 6) is -1.35. The van der Waals surface area contributed by atoms with E-state index in [-0.39, 0.29) is 17.3 Å². The summed E-state index contributed by atoms with van der Waals surface area (Å²) in [6.45, 7) is 0. The van der Waals surface area contributed by atoms with Gasteiger partial charge in [-0.2, -0.15) is 5.10 Å². The zero-order chi connectivity index (χ0) is 16.1. The zero-order valence-electron chi connectivity index (χ0n) is 11.9. The molecule has 0 atom stereocenters. The summed E-state index contributed by atoms with van der Waals surface area (Å²) < 4.78 is 14.6. The Labute approximate surface area is 129 Å². The van der Waals surface area contributed by atoms with Gasteiger partial charge in [-0.05, 0) is 37.1 Å². The van der Waals surface area contributed by atoms with Crippen molar-refractivity contribution in [3.8, 4) is 5.69 Å². The molecule has 4 rings (SSSR count). The number of aromatic nitrogens is 3. The van der Waals surface area contributed by atoms with Crippen LogP contribution in [0.25, 0.3) is 16.7 Å². The van der Waals surface area contributed by atoms with E-state index in [1.54, 1.807) is 0 Å². The molecule has 0 radical (unpaired) electrons. The van der Waals surface area contributed by atoms with Gasteiger partial charge in [0.15, 0.2) is 0 Å².